The van der Waals surface area contributed by atoms with E-state index in [2.05, 4.69) is 33.3 Å². The summed E-state index contributed by atoms with van der Waals surface area (Å²) < 4.78 is 2.02. The van der Waals surface area contributed by atoms with Crippen LogP contribution in [0, 0.1) is 13.8 Å². The number of hydrogen-bond donors (Lipinski definition) is 1. The van der Waals surface area contributed by atoms with Gasteiger partial charge in [-0.3, -0.25) is 4.57 Å². The maximum Gasteiger partial charge on any atom is 0.147 e. The Morgan fingerprint density at radius 3 is 2.76 bits per heavy atom. The lowest BCUT2D eigenvalue weighted by atomic mass is 10.2. The standard InChI is InChI=1S/C16H19N5/c1-4-9-17-15-11(2)16(20-12(3)19-15)21-10-18-13-7-5-6-8-14(13)21/h5-8,10H,4,9H2,1-3H3,(H,17,19,20). The zero-order valence-electron chi connectivity index (χ0n) is 12.6. The summed E-state index contributed by atoms with van der Waals surface area (Å²) in [5, 5.41) is 3.37. The van der Waals surface area contributed by atoms with E-state index < -0.39 is 0 Å². The third-order valence-electron chi connectivity index (χ3n) is 3.46. The minimum atomic E-state index is 0.756. The Balaban J connectivity index is 2.15. The van der Waals surface area contributed by atoms with Crippen molar-refractivity contribution in [2.45, 2.75) is 27.2 Å². The molecule has 0 saturated carbocycles. The van der Waals surface area contributed by atoms with Crippen molar-refractivity contribution in [3.05, 3.63) is 42.0 Å². The molecule has 2 aromatic heterocycles. The molecule has 0 aliphatic heterocycles. The summed E-state index contributed by atoms with van der Waals surface area (Å²) in [4.78, 5) is 13.6. The van der Waals surface area contributed by atoms with Gasteiger partial charge < -0.3 is 5.32 Å². The first-order valence-corrected chi connectivity index (χ1v) is 7.22. The van der Waals surface area contributed by atoms with E-state index in [1.165, 1.54) is 0 Å². The lowest BCUT2D eigenvalue weighted by Gasteiger charge is -2.13. The van der Waals surface area contributed by atoms with Crippen molar-refractivity contribution < 1.29 is 0 Å². The predicted octanol–water partition coefficient (Wildman–Crippen LogP) is 3.25. The average molecular weight is 281 g/mol. The fraction of sp³-hybridized carbons (Fsp3) is 0.312. The average Bonchev–Trinajstić information content (AvgIpc) is 2.91. The van der Waals surface area contributed by atoms with E-state index in [1.54, 1.807) is 0 Å². The van der Waals surface area contributed by atoms with Gasteiger partial charge in [0.05, 0.1) is 11.0 Å². The van der Waals surface area contributed by atoms with Crippen LogP contribution in [0.5, 0.6) is 0 Å². The van der Waals surface area contributed by atoms with Crippen LogP contribution in [0.3, 0.4) is 0 Å². The lowest BCUT2D eigenvalue weighted by molar-refractivity contribution is 0.912. The molecule has 1 N–H and O–H groups in total. The second-order valence-corrected chi connectivity index (χ2v) is 5.10. The third kappa shape index (κ3) is 2.46. The molecule has 0 aliphatic carbocycles. The van der Waals surface area contributed by atoms with E-state index in [-0.39, 0.29) is 0 Å². The molecule has 0 bridgehead atoms. The van der Waals surface area contributed by atoms with Crippen LogP contribution in [0.15, 0.2) is 30.6 Å². The van der Waals surface area contributed by atoms with Gasteiger partial charge in [-0.2, -0.15) is 0 Å². The Labute approximate surface area is 124 Å². The van der Waals surface area contributed by atoms with Gasteiger partial charge in [0.2, 0.25) is 0 Å². The molecule has 0 spiro atoms. The minimum Gasteiger partial charge on any atom is -0.370 e. The Morgan fingerprint density at radius 2 is 1.95 bits per heavy atom. The molecule has 0 saturated heterocycles. The molecule has 3 aromatic rings. The molecular weight excluding hydrogens is 262 g/mol. The van der Waals surface area contributed by atoms with Gasteiger partial charge in [-0.25, -0.2) is 15.0 Å². The van der Waals surface area contributed by atoms with Gasteiger partial charge in [-0.1, -0.05) is 19.1 Å². The highest BCUT2D eigenvalue weighted by Gasteiger charge is 2.13. The fourth-order valence-corrected chi connectivity index (χ4v) is 2.39. The number of nitrogens with zero attached hydrogens (tertiary/aromatic N) is 4. The van der Waals surface area contributed by atoms with Gasteiger partial charge in [0, 0.05) is 12.1 Å². The van der Waals surface area contributed by atoms with Crippen LogP contribution in [-0.4, -0.2) is 26.1 Å². The molecule has 0 aliphatic rings. The van der Waals surface area contributed by atoms with Gasteiger partial charge in [-0.05, 0) is 32.4 Å². The molecule has 0 atom stereocenters. The van der Waals surface area contributed by atoms with Crippen molar-refractivity contribution in [3.8, 4) is 5.82 Å². The van der Waals surface area contributed by atoms with Crippen molar-refractivity contribution in [2.75, 3.05) is 11.9 Å². The minimum absolute atomic E-state index is 0.756. The van der Waals surface area contributed by atoms with Gasteiger partial charge in [0.1, 0.15) is 23.8 Å². The molecule has 3 rings (SSSR count). The topological polar surface area (TPSA) is 55.6 Å². The van der Waals surface area contributed by atoms with E-state index in [0.717, 1.165) is 47.0 Å². The lowest BCUT2D eigenvalue weighted by Crippen LogP contribution is -2.10. The summed E-state index contributed by atoms with van der Waals surface area (Å²) in [5.41, 5.74) is 3.06. The number of aryl methyl sites for hydroxylation is 1. The zero-order chi connectivity index (χ0) is 14.8. The molecule has 5 heteroatoms. The maximum absolute atomic E-state index is 4.61. The van der Waals surface area contributed by atoms with Crippen LogP contribution in [0.2, 0.25) is 0 Å². The van der Waals surface area contributed by atoms with Gasteiger partial charge in [0.15, 0.2) is 0 Å². The highest BCUT2D eigenvalue weighted by Crippen LogP contribution is 2.23. The number of aromatic nitrogens is 4. The molecular formula is C16H19N5. The summed E-state index contributed by atoms with van der Waals surface area (Å²) in [7, 11) is 0. The van der Waals surface area contributed by atoms with E-state index in [0.29, 0.717) is 0 Å². The van der Waals surface area contributed by atoms with Crippen LogP contribution in [0.4, 0.5) is 5.82 Å². The Morgan fingerprint density at radius 1 is 1.14 bits per heavy atom. The number of hydrogen-bond acceptors (Lipinski definition) is 4. The third-order valence-corrected chi connectivity index (χ3v) is 3.46. The first-order valence-electron chi connectivity index (χ1n) is 7.22. The number of para-hydroxylation sites is 2. The second-order valence-electron chi connectivity index (χ2n) is 5.10. The monoisotopic (exact) mass is 281 g/mol. The van der Waals surface area contributed by atoms with Crippen molar-refractivity contribution in [1.29, 1.82) is 0 Å². The summed E-state index contributed by atoms with van der Waals surface area (Å²) in [6, 6.07) is 8.07. The fourth-order valence-electron chi connectivity index (χ4n) is 2.39. The number of nitrogens with one attached hydrogen (secondary N) is 1. The van der Waals surface area contributed by atoms with Crippen molar-refractivity contribution in [2.24, 2.45) is 0 Å². The number of benzene rings is 1. The van der Waals surface area contributed by atoms with E-state index in [4.69, 9.17) is 0 Å². The van der Waals surface area contributed by atoms with Crippen LogP contribution in [0.25, 0.3) is 16.9 Å². The van der Waals surface area contributed by atoms with Crippen molar-refractivity contribution in [3.63, 3.8) is 0 Å². The Bertz CT molecular complexity index is 775. The number of fused-ring (bicyclic) bond motifs is 1. The summed E-state index contributed by atoms with van der Waals surface area (Å²) >= 11 is 0. The van der Waals surface area contributed by atoms with Crippen LogP contribution in [0.1, 0.15) is 24.7 Å². The van der Waals surface area contributed by atoms with E-state index in [9.17, 15) is 0 Å². The molecule has 0 amide bonds. The molecule has 5 nitrogen and oxygen atoms in total. The maximum atomic E-state index is 4.61. The predicted molar refractivity (Wildman–Crippen MR) is 84.9 cm³/mol. The number of rotatable bonds is 4. The largest absolute Gasteiger partial charge is 0.370 e. The molecule has 2 heterocycles. The summed E-state index contributed by atoms with van der Waals surface area (Å²) in [5.74, 6) is 2.54. The van der Waals surface area contributed by atoms with E-state index >= 15 is 0 Å². The SMILES string of the molecule is CCCNc1nc(C)nc(-n2cnc3ccccc32)c1C. The van der Waals surface area contributed by atoms with Crippen LogP contribution < -0.4 is 5.32 Å². The number of imidazole rings is 1. The van der Waals surface area contributed by atoms with Gasteiger partial charge in [0.25, 0.3) is 0 Å². The van der Waals surface area contributed by atoms with Gasteiger partial charge >= 0.3 is 0 Å². The quantitative estimate of drug-likeness (QED) is 0.797. The second kappa shape index (κ2) is 5.52. The first kappa shape index (κ1) is 13.5. The first-order chi connectivity index (χ1) is 10.2. The smallest absolute Gasteiger partial charge is 0.147 e. The summed E-state index contributed by atoms with van der Waals surface area (Å²) in [6.07, 6.45) is 2.88. The highest BCUT2D eigenvalue weighted by molar-refractivity contribution is 5.77. The molecule has 21 heavy (non-hydrogen) atoms. The Kier molecular flexibility index (Phi) is 3.56. The van der Waals surface area contributed by atoms with Crippen molar-refractivity contribution in [1.82, 2.24) is 19.5 Å². The van der Waals surface area contributed by atoms with Crippen molar-refractivity contribution >= 4 is 16.9 Å². The van der Waals surface area contributed by atoms with Crippen LogP contribution in [-0.2, 0) is 0 Å². The Hall–Kier alpha value is -2.43. The molecule has 1 aromatic carbocycles. The van der Waals surface area contributed by atoms with Crippen LogP contribution >= 0.6 is 0 Å². The molecule has 0 radical (unpaired) electrons. The normalized spacial score (nSPS) is 11.0. The van der Waals surface area contributed by atoms with Gasteiger partial charge in [-0.15, -0.1) is 0 Å². The molecule has 0 unspecified atom stereocenters. The van der Waals surface area contributed by atoms with E-state index in [1.807, 2.05) is 42.9 Å². The zero-order valence-corrected chi connectivity index (χ0v) is 12.6. The summed E-state index contributed by atoms with van der Waals surface area (Å²) in [6.45, 7) is 7.00. The number of anilines is 1. The highest BCUT2D eigenvalue weighted by atomic mass is 15.1. The molecule has 0 fully saturated rings. The molecule has 108 valence electrons.